The van der Waals surface area contributed by atoms with Crippen molar-refractivity contribution in [3.05, 3.63) is 58.1 Å². The van der Waals surface area contributed by atoms with Crippen LogP contribution in [0.4, 0.5) is 0 Å². The predicted molar refractivity (Wildman–Crippen MR) is 103 cm³/mol. The second-order valence-electron chi connectivity index (χ2n) is 6.85. The highest BCUT2D eigenvalue weighted by Crippen LogP contribution is 2.28. The van der Waals surface area contributed by atoms with Gasteiger partial charge < -0.3 is 19.8 Å². The van der Waals surface area contributed by atoms with Crippen molar-refractivity contribution in [3.63, 3.8) is 0 Å². The molecule has 140 valence electrons. The fraction of sp³-hybridized carbons (Fsp3) is 0.333. The second kappa shape index (κ2) is 7.04. The average molecular weight is 365 g/mol. The number of pyridine rings is 1. The van der Waals surface area contributed by atoms with Crippen LogP contribution in [-0.2, 0) is 19.5 Å². The van der Waals surface area contributed by atoms with Gasteiger partial charge >= 0.3 is 0 Å². The molecule has 0 saturated heterocycles. The van der Waals surface area contributed by atoms with Crippen molar-refractivity contribution in [2.24, 2.45) is 0 Å². The molecule has 1 aliphatic heterocycles. The molecule has 6 nitrogen and oxygen atoms in total. The summed E-state index contributed by atoms with van der Waals surface area (Å²) in [5.41, 5.74) is 6.06. The van der Waals surface area contributed by atoms with Gasteiger partial charge in [0, 0.05) is 42.0 Å². The van der Waals surface area contributed by atoms with E-state index in [1.165, 1.54) is 11.1 Å². The van der Waals surface area contributed by atoms with Gasteiger partial charge in [0.25, 0.3) is 5.91 Å². The number of nitrogens with zero attached hydrogens (tertiary/aromatic N) is 1. The Balaban J connectivity index is 1.59. The van der Waals surface area contributed by atoms with Crippen LogP contribution in [0.3, 0.4) is 0 Å². The summed E-state index contributed by atoms with van der Waals surface area (Å²) < 4.78 is 11.0. The van der Waals surface area contributed by atoms with Crippen molar-refractivity contribution in [2.75, 3.05) is 13.7 Å². The minimum absolute atomic E-state index is 0.214. The quantitative estimate of drug-likeness (QED) is 0.743. The van der Waals surface area contributed by atoms with E-state index in [2.05, 4.69) is 15.6 Å². The molecule has 3 aromatic rings. The Morgan fingerprint density at radius 1 is 1.37 bits per heavy atom. The van der Waals surface area contributed by atoms with E-state index in [0.29, 0.717) is 23.6 Å². The van der Waals surface area contributed by atoms with Gasteiger partial charge in [-0.15, -0.1) is 0 Å². The molecule has 0 aliphatic carbocycles. The molecule has 1 aromatic carbocycles. The third-order valence-corrected chi connectivity index (χ3v) is 5.25. The minimum Gasteiger partial charge on any atom is -0.497 e. The number of aryl methyl sites for hydroxylation is 2. The van der Waals surface area contributed by atoms with Crippen molar-refractivity contribution < 1.29 is 13.9 Å². The lowest BCUT2D eigenvalue weighted by atomic mass is 9.96. The van der Waals surface area contributed by atoms with E-state index >= 15 is 0 Å². The maximum Gasteiger partial charge on any atom is 0.287 e. The number of hydrogen-bond donors (Lipinski definition) is 2. The van der Waals surface area contributed by atoms with E-state index in [-0.39, 0.29) is 5.91 Å². The summed E-state index contributed by atoms with van der Waals surface area (Å²) in [6, 6.07) is 5.58. The van der Waals surface area contributed by atoms with Crippen LogP contribution >= 0.6 is 0 Å². The SMILES string of the molecule is COc1ccc2c(C)c(C(=O)NCc3c(C)ncc4c3CCNC4)oc2c1. The van der Waals surface area contributed by atoms with E-state index in [0.717, 1.165) is 41.7 Å². The van der Waals surface area contributed by atoms with E-state index < -0.39 is 0 Å². The molecule has 0 bridgehead atoms. The lowest BCUT2D eigenvalue weighted by Gasteiger charge is -2.21. The van der Waals surface area contributed by atoms with E-state index in [1.54, 1.807) is 13.2 Å². The number of benzene rings is 1. The van der Waals surface area contributed by atoms with Crippen LogP contribution in [0.5, 0.6) is 5.75 Å². The number of nitrogens with one attached hydrogen (secondary N) is 2. The van der Waals surface area contributed by atoms with Crippen molar-refractivity contribution in [1.29, 1.82) is 0 Å². The molecule has 1 aliphatic rings. The Hall–Kier alpha value is -2.86. The number of hydrogen-bond acceptors (Lipinski definition) is 5. The average Bonchev–Trinajstić information content (AvgIpc) is 3.03. The van der Waals surface area contributed by atoms with Crippen molar-refractivity contribution >= 4 is 16.9 Å². The first-order valence-corrected chi connectivity index (χ1v) is 9.10. The summed E-state index contributed by atoms with van der Waals surface area (Å²) in [6.45, 7) is 6.11. The lowest BCUT2D eigenvalue weighted by molar-refractivity contribution is 0.0924. The molecule has 4 rings (SSSR count). The van der Waals surface area contributed by atoms with Crippen LogP contribution in [0.15, 0.2) is 28.8 Å². The van der Waals surface area contributed by atoms with Crippen LogP contribution < -0.4 is 15.4 Å². The van der Waals surface area contributed by atoms with Crippen LogP contribution in [0.1, 0.15) is 38.5 Å². The van der Waals surface area contributed by atoms with Gasteiger partial charge in [-0.1, -0.05) is 0 Å². The molecule has 6 heteroatoms. The zero-order valence-electron chi connectivity index (χ0n) is 15.8. The van der Waals surface area contributed by atoms with Crippen LogP contribution in [0, 0.1) is 13.8 Å². The number of fused-ring (bicyclic) bond motifs is 2. The number of furan rings is 1. The maximum absolute atomic E-state index is 12.8. The number of carbonyl (C=O) groups is 1. The van der Waals surface area contributed by atoms with Gasteiger partial charge in [-0.05, 0) is 55.6 Å². The van der Waals surface area contributed by atoms with Gasteiger partial charge in [-0.2, -0.15) is 0 Å². The number of carbonyl (C=O) groups excluding carboxylic acids is 1. The highest BCUT2D eigenvalue weighted by Gasteiger charge is 2.20. The normalized spacial score (nSPS) is 13.4. The maximum atomic E-state index is 12.8. The molecule has 2 N–H and O–H groups in total. The number of rotatable bonds is 4. The van der Waals surface area contributed by atoms with Gasteiger partial charge in [0.15, 0.2) is 5.76 Å². The summed E-state index contributed by atoms with van der Waals surface area (Å²) in [5.74, 6) is 0.832. The third kappa shape index (κ3) is 3.17. The summed E-state index contributed by atoms with van der Waals surface area (Å²) in [6.07, 6.45) is 2.88. The molecule has 0 unspecified atom stereocenters. The number of aromatic nitrogens is 1. The van der Waals surface area contributed by atoms with E-state index in [4.69, 9.17) is 9.15 Å². The monoisotopic (exact) mass is 365 g/mol. The van der Waals surface area contributed by atoms with Gasteiger partial charge in [0.1, 0.15) is 11.3 Å². The molecule has 0 spiro atoms. The Kier molecular flexibility index (Phi) is 4.58. The molecule has 27 heavy (non-hydrogen) atoms. The smallest absolute Gasteiger partial charge is 0.287 e. The van der Waals surface area contributed by atoms with Gasteiger partial charge in [0.2, 0.25) is 0 Å². The van der Waals surface area contributed by atoms with Crippen LogP contribution in [0.2, 0.25) is 0 Å². The summed E-state index contributed by atoms with van der Waals surface area (Å²) >= 11 is 0. The molecule has 0 fully saturated rings. The Morgan fingerprint density at radius 2 is 2.22 bits per heavy atom. The predicted octanol–water partition coefficient (Wildman–Crippen LogP) is 3.03. The van der Waals surface area contributed by atoms with E-state index in [9.17, 15) is 4.79 Å². The van der Waals surface area contributed by atoms with E-state index in [1.807, 2.05) is 32.2 Å². The van der Waals surface area contributed by atoms with Gasteiger partial charge in [-0.25, -0.2) is 0 Å². The third-order valence-electron chi connectivity index (χ3n) is 5.25. The molecule has 0 atom stereocenters. The van der Waals surface area contributed by atoms with Crippen molar-refractivity contribution in [2.45, 2.75) is 33.4 Å². The van der Waals surface area contributed by atoms with Crippen molar-refractivity contribution in [3.8, 4) is 5.75 Å². The number of ether oxygens (including phenoxy) is 1. The first kappa shape index (κ1) is 17.5. The van der Waals surface area contributed by atoms with Crippen molar-refractivity contribution in [1.82, 2.24) is 15.6 Å². The van der Waals surface area contributed by atoms with Gasteiger partial charge in [-0.3, -0.25) is 9.78 Å². The second-order valence-corrected chi connectivity index (χ2v) is 6.85. The van der Waals surface area contributed by atoms with Gasteiger partial charge in [0.05, 0.1) is 7.11 Å². The Bertz CT molecular complexity index is 1020. The van der Waals surface area contributed by atoms with Crippen LogP contribution in [0.25, 0.3) is 11.0 Å². The fourth-order valence-corrected chi connectivity index (χ4v) is 3.68. The number of methoxy groups -OCH3 is 1. The molecule has 0 saturated carbocycles. The highest BCUT2D eigenvalue weighted by atomic mass is 16.5. The molecule has 1 amide bonds. The topological polar surface area (TPSA) is 76.4 Å². The Morgan fingerprint density at radius 3 is 3.04 bits per heavy atom. The number of amides is 1. The summed E-state index contributed by atoms with van der Waals surface area (Å²) in [5, 5.41) is 7.29. The molecule has 0 radical (unpaired) electrons. The van der Waals surface area contributed by atoms with Crippen LogP contribution in [-0.4, -0.2) is 24.5 Å². The summed E-state index contributed by atoms with van der Waals surface area (Å²) in [7, 11) is 1.61. The molecular weight excluding hydrogens is 342 g/mol. The first-order valence-electron chi connectivity index (χ1n) is 9.10. The molecule has 3 heterocycles. The molecular formula is C21H23N3O3. The standard InChI is InChI=1S/C21H23N3O3/c1-12-16-5-4-15(26-3)8-19(16)27-20(12)21(25)24-11-18-13(2)23-10-14-9-22-7-6-17(14)18/h4-5,8,10,22H,6-7,9,11H2,1-3H3,(H,24,25). The largest absolute Gasteiger partial charge is 0.497 e. The zero-order chi connectivity index (χ0) is 19.0. The summed E-state index contributed by atoms with van der Waals surface area (Å²) in [4.78, 5) is 17.3. The molecule has 2 aromatic heterocycles. The lowest BCUT2D eigenvalue weighted by Crippen LogP contribution is -2.29. The fourth-order valence-electron chi connectivity index (χ4n) is 3.68. The minimum atomic E-state index is -0.214. The zero-order valence-corrected chi connectivity index (χ0v) is 15.8. The highest BCUT2D eigenvalue weighted by molar-refractivity contribution is 5.99. The first-order chi connectivity index (χ1) is 13.1. The Labute approximate surface area is 157 Å².